The fourth-order valence-corrected chi connectivity index (χ4v) is 4.54. The number of para-hydroxylation sites is 1. The molecule has 2 aromatic carbocycles. The van der Waals surface area contributed by atoms with Gasteiger partial charge in [0, 0.05) is 18.0 Å². The molecule has 0 fully saturated rings. The molecule has 2 aromatic rings. The maximum atomic E-state index is 14.2. The highest BCUT2D eigenvalue weighted by Gasteiger charge is 2.39. The van der Waals surface area contributed by atoms with E-state index < -0.39 is 53.2 Å². The van der Waals surface area contributed by atoms with Gasteiger partial charge in [-0.3, -0.25) is 14.5 Å². The fraction of sp³-hybridized carbons (Fsp3) is 0.486. The van der Waals surface area contributed by atoms with E-state index in [-0.39, 0.29) is 30.1 Å². The Morgan fingerprint density at radius 2 is 1.49 bits per heavy atom. The first kappa shape index (κ1) is 36.7. The van der Waals surface area contributed by atoms with Gasteiger partial charge in [-0.2, -0.15) is 0 Å². The van der Waals surface area contributed by atoms with Crippen molar-refractivity contribution >= 4 is 23.9 Å². The third kappa shape index (κ3) is 11.5. The second-order valence-corrected chi connectivity index (χ2v) is 13.4. The van der Waals surface area contributed by atoms with E-state index in [1.807, 2.05) is 44.2 Å². The van der Waals surface area contributed by atoms with Crippen molar-refractivity contribution in [2.75, 3.05) is 0 Å². The lowest BCUT2D eigenvalue weighted by Crippen LogP contribution is -2.54. The number of amides is 3. The zero-order chi connectivity index (χ0) is 34.1. The molecule has 0 aromatic heterocycles. The lowest BCUT2D eigenvalue weighted by atomic mass is 9.97. The third-order valence-corrected chi connectivity index (χ3v) is 6.43. The molecule has 3 atom stereocenters. The minimum absolute atomic E-state index is 0.0435. The molecule has 45 heavy (non-hydrogen) atoms. The normalized spacial score (nSPS) is 13.5. The lowest BCUT2D eigenvalue weighted by molar-refractivity contribution is -0.159. The first-order chi connectivity index (χ1) is 20.8. The Bertz CT molecular complexity index is 1380. The van der Waals surface area contributed by atoms with Gasteiger partial charge in [0.2, 0.25) is 5.91 Å². The van der Waals surface area contributed by atoms with E-state index in [2.05, 4.69) is 16.7 Å². The number of nitrogens with one attached hydrogen (secondary N) is 2. The molecule has 0 bridgehead atoms. The Morgan fingerprint density at radius 1 is 0.889 bits per heavy atom. The maximum Gasteiger partial charge on any atom is 0.408 e. The first-order valence-electron chi connectivity index (χ1n) is 15.0. The number of rotatable bonds is 11. The van der Waals surface area contributed by atoms with Gasteiger partial charge in [0.25, 0.3) is 5.91 Å². The Morgan fingerprint density at radius 3 is 2.02 bits per heavy atom. The van der Waals surface area contributed by atoms with E-state index in [0.29, 0.717) is 5.56 Å². The van der Waals surface area contributed by atoms with Crippen molar-refractivity contribution in [1.82, 2.24) is 15.5 Å². The molecule has 0 spiro atoms. The number of hydrogen-bond acceptors (Lipinski definition) is 7. The van der Waals surface area contributed by atoms with Crippen LogP contribution in [-0.4, -0.2) is 57.2 Å². The van der Waals surface area contributed by atoms with Crippen molar-refractivity contribution in [3.8, 4) is 18.2 Å². The van der Waals surface area contributed by atoms with Gasteiger partial charge in [0.05, 0.1) is 0 Å². The molecule has 0 radical (unpaired) electrons. The largest absolute Gasteiger partial charge is 0.507 e. The van der Waals surface area contributed by atoms with Crippen LogP contribution in [0.4, 0.5) is 4.79 Å². The summed E-state index contributed by atoms with van der Waals surface area (Å²) in [6.07, 6.45) is 5.34. The zero-order valence-electron chi connectivity index (χ0n) is 27.8. The number of phenolic OH excluding ortho intramolecular Hbond substituents is 1. The molecular weight excluding hydrogens is 574 g/mol. The molecule has 0 aliphatic heterocycles. The summed E-state index contributed by atoms with van der Waals surface area (Å²) in [6, 6.07) is 12.2. The number of benzene rings is 2. The van der Waals surface area contributed by atoms with Gasteiger partial charge in [-0.15, -0.1) is 0 Å². The Kier molecular flexibility index (Phi) is 12.6. The molecule has 2 rings (SSSR count). The van der Waals surface area contributed by atoms with Gasteiger partial charge >= 0.3 is 12.1 Å². The van der Waals surface area contributed by atoms with Crippen molar-refractivity contribution in [2.24, 2.45) is 5.92 Å². The number of hydrogen-bond donors (Lipinski definition) is 3. The zero-order valence-corrected chi connectivity index (χ0v) is 27.8. The van der Waals surface area contributed by atoms with Crippen molar-refractivity contribution in [3.63, 3.8) is 0 Å². The molecule has 10 heteroatoms. The van der Waals surface area contributed by atoms with Crippen LogP contribution in [0.1, 0.15) is 84.5 Å². The Hall–Kier alpha value is -4.52. The van der Waals surface area contributed by atoms with Gasteiger partial charge in [0.1, 0.15) is 29.0 Å². The van der Waals surface area contributed by atoms with Gasteiger partial charge in [-0.05, 0) is 71.9 Å². The van der Waals surface area contributed by atoms with Crippen LogP contribution in [0.3, 0.4) is 0 Å². The number of ether oxygens (including phenoxy) is 2. The van der Waals surface area contributed by atoms with E-state index in [1.165, 1.54) is 6.07 Å². The first-order valence-corrected chi connectivity index (χ1v) is 15.0. The Balaban J connectivity index is 2.60. The summed E-state index contributed by atoms with van der Waals surface area (Å²) in [6.45, 7) is 15.6. The van der Waals surface area contributed by atoms with Crippen molar-refractivity contribution in [2.45, 2.75) is 104 Å². The smallest absolute Gasteiger partial charge is 0.408 e. The highest BCUT2D eigenvalue weighted by Crippen LogP contribution is 2.32. The topological polar surface area (TPSA) is 134 Å². The molecule has 0 saturated heterocycles. The van der Waals surface area contributed by atoms with E-state index in [0.717, 1.165) is 10.5 Å². The number of phenols is 1. The number of carbonyl (C=O) groups excluding carboxylic acids is 4. The molecule has 0 aliphatic rings. The predicted molar refractivity (Wildman–Crippen MR) is 172 cm³/mol. The van der Waals surface area contributed by atoms with Crippen LogP contribution in [0.15, 0.2) is 48.5 Å². The molecule has 10 nitrogen and oxygen atoms in total. The summed E-state index contributed by atoms with van der Waals surface area (Å²) in [5.41, 5.74) is -0.433. The molecular formula is C35H47N3O7. The summed E-state index contributed by atoms with van der Waals surface area (Å²) in [5, 5.41) is 16.4. The summed E-state index contributed by atoms with van der Waals surface area (Å²) in [5.74, 6) is -2.59. The summed E-state index contributed by atoms with van der Waals surface area (Å²) in [7, 11) is 0. The van der Waals surface area contributed by atoms with Gasteiger partial charge in [-0.1, -0.05) is 68.8 Å². The summed E-state index contributed by atoms with van der Waals surface area (Å²) in [4.78, 5) is 55.2. The minimum atomic E-state index is -1.57. The third-order valence-electron chi connectivity index (χ3n) is 6.43. The lowest BCUT2D eigenvalue weighted by Gasteiger charge is -2.32. The SMILES string of the molecule is C#CN(C(=O)C(CC(C)C)NC(=O)OC(C)(C)C)C(C(=O)NC(Cc1ccccc1)C(=O)OC(C)(C)C)c1cccc(C)c1O. The predicted octanol–water partition coefficient (Wildman–Crippen LogP) is 5.17. The standard InChI is InChI=1S/C35H47N3O7/c1-11-38(31(41)26(20-22(2)3)37-33(43)45-35(8,9)10)28(25-19-15-16-23(4)29(25)39)30(40)36-27(32(42)44-34(5,6)7)21-24-17-13-12-14-18-24/h1,12-19,22,26-28,39H,20-21H2,2-10H3,(H,36,40)(H,37,43). The summed E-state index contributed by atoms with van der Waals surface area (Å²) < 4.78 is 11.0. The van der Waals surface area contributed by atoms with Crippen LogP contribution in [0.5, 0.6) is 5.75 Å². The van der Waals surface area contributed by atoms with E-state index in [1.54, 1.807) is 60.6 Å². The number of aromatic hydroxyl groups is 1. The van der Waals surface area contributed by atoms with Crippen LogP contribution in [0, 0.1) is 25.3 Å². The van der Waals surface area contributed by atoms with Gasteiger partial charge in [0.15, 0.2) is 6.04 Å². The van der Waals surface area contributed by atoms with E-state index in [4.69, 9.17) is 15.9 Å². The van der Waals surface area contributed by atoms with Crippen molar-refractivity contribution < 1.29 is 33.8 Å². The van der Waals surface area contributed by atoms with Crippen LogP contribution >= 0.6 is 0 Å². The average molecular weight is 622 g/mol. The fourth-order valence-electron chi connectivity index (χ4n) is 4.54. The van der Waals surface area contributed by atoms with E-state index in [9.17, 15) is 24.3 Å². The summed E-state index contributed by atoms with van der Waals surface area (Å²) >= 11 is 0. The second-order valence-electron chi connectivity index (χ2n) is 13.4. The van der Waals surface area contributed by atoms with E-state index >= 15 is 0 Å². The molecule has 3 amide bonds. The van der Waals surface area contributed by atoms with Gasteiger partial charge < -0.3 is 25.2 Å². The number of carbonyl (C=O) groups is 4. The average Bonchev–Trinajstić information content (AvgIpc) is 2.90. The van der Waals surface area contributed by atoms with Crippen LogP contribution < -0.4 is 10.6 Å². The molecule has 244 valence electrons. The molecule has 0 aliphatic carbocycles. The molecule has 3 N–H and O–H groups in total. The maximum absolute atomic E-state index is 14.2. The number of nitrogens with zero attached hydrogens (tertiary/aromatic N) is 1. The monoisotopic (exact) mass is 621 g/mol. The van der Waals surface area contributed by atoms with Gasteiger partial charge in [-0.25, -0.2) is 9.59 Å². The number of terminal acetylenes is 1. The quantitative estimate of drug-likeness (QED) is 0.179. The minimum Gasteiger partial charge on any atom is -0.507 e. The highest BCUT2D eigenvalue weighted by molar-refractivity contribution is 5.95. The molecule has 0 saturated carbocycles. The molecule has 0 heterocycles. The van der Waals surface area contributed by atoms with Crippen molar-refractivity contribution in [1.29, 1.82) is 0 Å². The second kappa shape index (κ2) is 15.5. The number of esters is 1. The number of alkyl carbamates (subject to hydrolysis) is 1. The molecule has 3 unspecified atom stereocenters. The highest BCUT2D eigenvalue weighted by atomic mass is 16.6. The Labute approximate surface area is 266 Å². The van der Waals surface area contributed by atoms with Crippen LogP contribution in [-0.2, 0) is 30.3 Å². The number of aryl methyl sites for hydroxylation is 1. The van der Waals surface area contributed by atoms with Crippen LogP contribution in [0.2, 0.25) is 0 Å². The van der Waals surface area contributed by atoms with Crippen molar-refractivity contribution in [3.05, 3.63) is 65.2 Å². The van der Waals surface area contributed by atoms with Crippen LogP contribution in [0.25, 0.3) is 0 Å².